The van der Waals surface area contributed by atoms with E-state index in [0.29, 0.717) is 23.4 Å². The van der Waals surface area contributed by atoms with Crippen LogP contribution in [-0.4, -0.2) is 24.6 Å². The van der Waals surface area contributed by atoms with Gasteiger partial charge in [0.2, 0.25) is 0 Å². The fraction of sp³-hybridized carbons (Fsp3) is 0.400. The van der Waals surface area contributed by atoms with Crippen LogP contribution in [0.5, 0.6) is 0 Å². The fourth-order valence-electron chi connectivity index (χ4n) is 4.58. The van der Waals surface area contributed by atoms with Gasteiger partial charge in [0.05, 0.1) is 12.2 Å². The summed E-state index contributed by atoms with van der Waals surface area (Å²) in [7, 11) is 0. The highest BCUT2D eigenvalue weighted by molar-refractivity contribution is 5.90. The molecule has 1 aliphatic carbocycles. The Morgan fingerprint density at radius 2 is 1.67 bits per heavy atom. The van der Waals surface area contributed by atoms with Crippen LogP contribution >= 0.6 is 0 Å². The third-order valence-corrected chi connectivity index (χ3v) is 6.57. The van der Waals surface area contributed by atoms with E-state index in [1.165, 1.54) is 25.3 Å². The highest BCUT2D eigenvalue weighted by atomic mass is 16.5. The number of carbonyl (C=O) groups excluding carboxylic acids is 2. The van der Waals surface area contributed by atoms with E-state index >= 15 is 0 Å². The number of ether oxygens (including phenoxy) is 2. The van der Waals surface area contributed by atoms with E-state index < -0.39 is 5.97 Å². The Morgan fingerprint density at radius 1 is 0.972 bits per heavy atom. The predicted molar refractivity (Wildman–Crippen MR) is 145 cm³/mol. The lowest BCUT2D eigenvalue weighted by Gasteiger charge is -2.28. The number of anilines is 2. The third-order valence-electron chi connectivity index (χ3n) is 6.57. The molecule has 0 bridgehead atoms. The van der Waals surface area contributed by atoms with Gasteiger partial charge < -0.3 is 20.9 Å². The second kappa shape index (κ2) is 14.1. The van der Waals surface area contributed by atoms with Crippen molar-refractivity contribution >= 4 is 29.4 Å². The number of esters is 2. The van der Waals surface area contributed by atoms with E-state index in [2.05, 4.69) is 6.58 Å². The van der Waals surface area contributed by atoms with E-state index in [4.69, 9.17) is 20.9 Å². The molecule has 0 heterocycles. The molecule has 2 aromatic carbocycles. The van der Waals surface area contributed by atoms with Gasteiger partial charge >= 0.3 is 11.9 Å². The summed E-state index contributed by atoms with van der Waals surface area (Å²) >= 11 is 0. The number of allylic oxidation sites excluding steroid dienone is 1. The van der Waals surface area contributed by atoms with Gasteiger partial charge in [-0.25, -0.2) is 9.59 Å². The molecule has 4 N–H and O–H groups in total. The van der Waals surface area contributed by atoms with Crippen LogP contribution in [0.4, 0.5) is 11.4 Å². The highest BCUT2D eigenvalue weighted by Gasteiger charge is 2.24. The Morgan fingerprint density at radius 3 is 2.33 bits per heavy atom. The van der Waals surface area contributed by atoms with Gasteiger partial charge in [-0.2, -0.15) is 0 Å². The lowest BCUT2D eigenvalue weighted by atomic mass is 9.84. The lowest BCUT2D eigenvalue weighted by molar-refractivity contribution is -0.137. The molecule has 3 rings (SSSR count). The highest BCUT2D eigenvalue weighted by Crippen LogP contribution is 2.30. The molecule has 1 fully saturated rings. The largest absolute Gasteiger partial charge is 0.462 e. The van der Waals surface area contributed by atoms with Crippen LogP contribution in [0, 0.1) is 5.92 Å². The van der Waals surface area contributed by atoms with Crippen LogP contribution in [0.2, 0.25) is 0 Å². The molecule has 0 saturated heterocycles. The molecule has 1 aliphatic rings. The molecule has 192 valence electrons. The van der Waals surface area contributed by atoms with Crippen LogP contribution in [0.1, 0.15) is 72.9 Å². The topological polar surface area (TPSA) is 105 Å². The van der Waals surface area contributed by atoms with Crippen molar-refractivity contribution in [2.24, 2.45) is 5.92 Å². The SMILES string of the molecule is C=CCCCCC1CCC(OC(=O)c2ccc(C=CC(=O)OCCc3cc(N)cc(N)c3)cc2)CC1. The minimum absolute atomic E-state index is 0.0000329. The molecular weight excluding hydrogens is 452 g/mol. The van der Waals surface area contributed by atoms with E-state index in [9.17, 15) is 9.59 Å². The summed E-state index contributed by atoms with van der Waals surface area (Å²) < 4.78 is 11.0. The molecule has 2 aromatic rings. The number of nitrogen functional groups attached to an aromatic ring is 2. The van der Waals surface area contributed by atoms with Gasteiger partial charge in [0.15, 0.2) is 0 Å². The molecule has 0 unspecified atom stereocenters. The maximum atomic E-state index is 12.6. The van der Waals surface area contributed by atoms with Gasteiger partial charge in [0.25, 0.3) is 0 Å². The first-order valence-corrected chi connectivity index (χ1v) is 12.8. The lowest BCUT2D eigenvalue weighted by Crippen LogP contribution is -2.24. The van der Waals surface area contributed by atoms with Gasteiger partial charge in [0.1, 0.15) is 6.10 Å². The molecular formula is C30H38N2O4. The van der Waals surface area contributed by atoms with Gasteiger partial charge in [0, 0.05) is 23.9 Å². The normalized spacial score (nSPS) is 17.6. The number of hydrogen-bond acceptors (Lipinski definition) is 6. The van der Waals surface area contributed by atoms with E-state index in [0.717, 1.165) is 49.1 Å². The number of nitrogens with two attached hydrogens (primary N) is 2. The van der Waals surface area contributed by atoms with Crippen molar-refractivity contribution in [3.8, 4) is 0 Å². The second-order valence-corrected chi connectivity index (χ2v) is 9.50. The quantitative estimate of drug-likeness (QED) is 0.122. The second-order valence-electron chi connectivity index (χ2n) is 9.50. The summed E-state index contributed by atoms with van der Waals surface area (Å²) in [6.45, 7) is 4.00. The third kappa shape index (κ3) is 9.25. The first-order chi connectivity index (χ1) is 17.4. The average Bonchev–Trinajstić information content (AvgIpc) is 2.86. The molecule has 1 saturated carbocycles. The minimum atomic E-state index is -0.438. The molecule has 0 radical (unpaired) electrons. The monoisotopic (exact) mass is 490 g/mol. The van der Waals surface area contributed by atoms with Crippen LogP contribution < -0.4 is 11.5 Å². The maximum absolute atomic E-state index is 12.6. The summed E-state index contributed by atoms with van der Waals surface area (Å²) in [4.78, 5) is 24.6. The summed E-state index contributed by atoms with van der Waals surface area (Å²) in [5.74, 6) is 0.0201. The van der Waals surface area contributed by atoms with Crippen molar-refractivity contribution < 1.29 is 19.1 Å². The Bertz CT molecular complexity index is 1020. The zero-order chi connectivity index (χ0) is 25.8. The summed E-state index contributed by atoms with van der Waals surface area (Å²) in [6, 6.07) is 12.3. The molecule has 0 atom stereocenters. The molecule has 6 nitrogen and oxygen atoms in total. The van der Waals surface area contributed by atoms with E-state index in [1.807, 2.05) is 18.2 Å². The van der Waals surface area contributed by atoms with Crippen LogP contribution in [0.15, 0.2) is 61.2 Å². The zero-order valence-corrected chi connectivity index (χ0v) is 21.0. The summed E-state index contributed by atoms with van der Waals surface area (Å²) in [5.41, 5.74) is 14.9. The Balaban J connectivity index is 1.37. The first kappa shape index (κ1) is 27.1. The van der Waals surface area contributed by atoms with Gasteiger partial charge in [-0.1, -0.05) is 31.1 Å². The van der Waals surface area contributed by atoms with Crippen molar-refractivity contribution in [1.29, 1.82) is 0 Å². The number of unbranched alkanes of at least 4 members (excludes halogenated alkanes) is 2. The summed E-state index contributed by atoms with van der Waals surface area (Å²) in [5, 5.41) is 0. The minimum Gasteiger partial charge on any atom is -0.462 e. The van der Waals surface area contributed by atoms with Crippen molar-refractivity contribution in [1.82, 2.24) is 0 Å². The average molecular weight is 491 g/mol. The number of benzene rings is 2. The van der Waals surface area contributed by atoms with Crippen LogP contribution in [0.3, 0.4) is 0 Å². The summed E-state index contributed by atoms with van der Waals surface area (Å²) in [6.07, 6.45) is 14.5. The Hall–Kier alpha value is -3.54. The standard InChI is InChI=1S/C30H38N2O4/c1-2-3-4-5-6-22-9-14-28(15-10-22)36-30(34)25-12-7-23(8-13-25)11-16-29(33)35-18-17-24-19-26(31)21-27(32)20-24/h2,7-8,11-13,16,19-22,28H,1,3-6,9-10,14-15,17-18,31-32H2. The number of hydrogen-bond donors (Lipinski definition) is 2. The van der Waals surface area contributed by atoms with Crippen LogP contribution in [-0.2, 0) is 20.7 Å². The maximum Gasteiger partial charge on any atom is 0.338 e. The van der Waals surface area contributed by atoms with E-state index in [1.54, 1.807) is 36.4 Å². The smallest absolute Gasteiger partial charge is 0.338 e. The predicted octanol–water partition coefficient (Wildman–Crippen LogP) is 6.11. The van der Waals surface area contributed by atoms with Gasteiger partial charge in [-0.3, -0.25) is 0 Å². The van der Waals surface area contributed by atoms with Gasteiger partial charge in [-0.05, 0) is 92.0 Å². The van der Waals surface area contributed by atoms with Gasteiger partial charge in [-0.15, -0.1) is 6.58 Å². The molecule has 0 aromatic heterocycles. The zero-order valence-electron chi connectivity index (χ0n) is 21.0. The van der Waals surface area contributed by atoms with Crippen molar-refractivity contribution in [3.63, 3.8) is 0 Å². The molecule has 36 heavy (non-hydrogen) atoms. The van der Waals surface area contributed by atoms with Crippen molar-refractivity contribution in [2.75, 3.05) is 18.1 Å². The Labute approximate surface area is 214 Å². The first-order valence-electron chi connectivity index (χ1n) is 12.8. The molecule has 0 aliphatic heterocycles. The Kier molecular flexibility index (Phi) is 10.6. The van der Waals surface area contributed by atoms with E-state index in [-0.39, 0.29) is 18.7 Å². The van der Waals surface area contributed by atoms with Crippen LogP contribution in [0.25, 0.3) is 6.08 Å². The number of carbonyl (C=O) groups is 2. The fourth-order valence-corrected chi connectivity index (χ4v) is 4.58. The molecule has 6 heteroatoms. The van der Waals surface area contributed by atoms with Crippen molar-refractivity contribution in [2.45, 2.75) is 63.9 Å². The number of rotatable bonds is 12. The molecule has 0 spiro atoms. The van der Waals surface area contributed by atoms with Crippen molar-refractivity contribution in [3.05, 3.63) is 77.9 Å². The molecule has 0 amide bonds.